The van der Waals surface area contributed by atoms with Gasteiger partial charge in [0.2, 0.25) is 0 Å². The lowest BCUT2D eigenvalue weighted by Gasteiger charge is -1.87. The Kier molecular flexibility index (Phi) is 4.98. The first-order valence-corrected chi connectivity index (χ1v) is 3.61. The van der Waals surface area contributed by atoms with Gasteiger partial charge >= 0.3 is 0 Å². The molecule has 0 heterocycles. The molecule has 0 aliphatic heterocycles. The molecule has 0 aromatic heterocycles. The molecule has 0 atom stereocenters. The summed E-state index contributed by atoms with van der Waals surface area (Å²) in [5.74, 6) is -0.453. The van der Waals surface area contributed by atoms with Crippen LogP contribution >= 0.6 is 11.9 Å². The van der Waals surface area contributed by atoms with E-state index in [9.17, 15) is 4.39 Å². The molecule has 0 amide bonds. The molecule has 3 heteroatoms. The van der Waals surface area contributed by atoms with E-state index in [1.54, 1.807) is 12.2 Å². The molecule has 0 aliphatic carbocycles. The molecule has 0 bridgehead atoms. The largest absolute Gasteiger partial charge is 0.274 e. The van der Waals surface area contributed by atoms with E-state index < -0.39 is 5.83 Å². The van der Waals surface area contributed by atoms with E-state index in [2.05, 4.69) is 6.58 Å². The summed E-state index contributed by atoms with van der Waals surface area (Å²) in [6, 6.07) is 0. The minimum atomic E-state index is -0.453. The van der Waals surface area contributed by atoms with Crippen LogP contribution in [-0.4, -0.2) is 0 Å². The fourth-order valence-electron chi connectivity index (χ4n) is 0.327. The summed E-state index contributed by atoms with van der Waals surface area (Å²) in [5.41, 5.74) is 0. The Morgan fingerprint density at radius 3 is 2.70 bits per heavy atom. The van der Waals surface area contributed by atoms with Gasteiger partial charge in [-0.25, -0.2) is 4.39 Å². The molecule has 1 nitrogen and oxygen atoms in total. The summed E-state index contributed by atoms with van der Waals surface area (Å²) in [6.07, 6.45) is 4.56. The van der Waals surface area contributed by atoms with E-state index in [0.717, 1.165) is 16.9 Å². The third-order valence-corrected chi connectivity index (χ3v) is 1.30. The van der Waals surface area contributed by atoms with Crippen LogP contribution in [0, 0.1) is 0 Å². The zero-order valence-corrected chi connectivity index (χ0v) is 6.62. The number of hydrogen-bond donors (Lipinski definition) is 1. The zero-order valence-electron chi connectivity index (χ0n) is 5.80. The average Bonchev–Trinajstić information content (AvgIpc) is 1.87. The van der Waals surface area contributed by atoms with Crippen LogP contribution in [0.4, 0.5) is 4.39 Å². The van der Waals surface area contributed by atoms with Gasteiger partial charge in [-0.1, -0.05) is 30.7 Å². The van der Waals surface area contributed by atoms with E-state index in [1.165, 1.54) is 6.08 Å². The van der Waals surface area contributed by atoms with Crippen LogP contribution in [0.25, 0.3) is 0 Å². The van der Waals surface area contributed by atoms with Gasteiger partial charge in [0.25, 0.3) is 0 Å². The molecule has 2 N–H and O–H groups in total. The Morgan fingerprint density at radius 1 is 1.70 bits per heavy atom. The summed E-state index contributed by atoms with van der Waals surface area (Å²) in [5, 5.41) is 5.19. The highest BCUT2D eigenvalue weighted by Gasteiger charge is 1.80. The standard InChI is InChI=1S/C7H10FNS/c1-6(8)4-3-5-7(2)10-9/h3-5H,1,9H2,2H3/b4-3-,7-5+. The first kappa shape index (κ1) is 9.46. The number of allylic oxidation sites excluding steroid dienone is 5. The van der Waals surface area contributed by atoms with E-state index >= 15 is 0 Å². The second-order valence-corrected chi connectivity index (χ2v) is 2.58. The van der Waals surface area contributed by atoms with Crippen molar-refractivity contribution in [3.05, 3.63) is 35.5 Å². The molecule has 0 aromatic carbocycles. The van der Waals surface area contributed by atoms with Crippen LogP contribution in [-0.2, 0) is 0 Å². The highest BCUT2D eigenvalue weighted by atomic mass is 32.2. The van der Waals surface area contributed by atoms with Crippen LogP contribution in [0.3, 0.4) is 0 Å². The molecular formula is C7H10FNS. The van der Waals surface area contributed by atoms with Gasteiger partial charge in [0.15, 0.2) is 0 Å². The van der Waals surface area contributed by atoms with Crippen molar-refractivity contribution in [2.24, 2.45) is 5.14 Å². The number of hydrogen-bond acceptors (Lipinski definition) is 2. The molecule has 10 heavy (non-hydrogen) atoms. The molecule has 0 aliphatic rings. The van der Waals surface area contributed by atoms with Gasteiger partial charge in [-0.05, 0) is 17.9 Å². The third-order valence-electron chi connectivity index (χ3n) is 0.794. The number of nitrogens with two attached hydrogens (primary N) is 1. The van der Waals surface area contributed by atoms with Gasteiger partial charge in [-0.2, -0.15) is 0 Å². The number of rotatable bonds is 3. The van der Waals surface area contributed by atoms with Crippen molar-refractivity contribution in [1.29, 1.82) is 0 Å². The van der Waals surface area contributed by atoms with Crippen LogP contribution in [0.1, 0.15) is 6.92 Å². The van der Waals surface area contributed by atoms with E-state index in [4.69, 9.17) is 5.14 Å². The van der Waals surface area contributed by atoms with Gasteiger partial charge in [0, 0.05) is 0 Å². The normalized spacial score (nSPS) is 12.5. The molecule has 0 radical (unpaired) electrons. The lowest BCUT2D eigenvalue weighted by atomic mass is 10.4. The molecule has 0 aromatic rings. The van der Waals surface area contributed by atoms with Crippen molar-refractivity contribution in [3.63, 3.8) is 0 Å². The predicted molar refractivity (Wildman–Crippen MR) is 44.9 cm³/mol. The lowest BCUT2D eigenvalue weighted by molar-refractivity contribution is 0.671. The molecule has 0 unspecified atom stereocenters. The van der Waals surface area contributed by atoms with Crippen LogP contribution in [0.5, 0.6) is 0 Å². The summed E-state index contributed by atoms with van der Waals surface area (Å²) < 4.78 is 11.9. The first-order valence-electron chi connectivity index (χ1n) is 2.73. The van der Waals surface area contributed by atoms with Crippen molar-refractivity contribution in [3.8, 4) is 0 Å². The van der Waals surface area contributed by atoms with Crippen LogP contribution in [0.2, 0.25) is 0 Å². The highest BCUT2D eigenvalue weighted by Crippen LogP contribution is 2.05. The predicted octanol–water partition coefficient (Wildman–Crippen LogP) is 2.54. The van der Waals surface area contributed by atoms with Gasteiger partial charge < -0.3 is 0 Å². The topological polar surface area (TPSA) is 26.0 Å². The molecule has 0 rings (SSSR count). The fraction of sp³-hybridized carbons (Fsp3) is 0.143. The Morgan fingerprint density at radius 2 is 2.30 bits per heavy atom. The molecular weight excluding hydrogens is 149 g/mol. The van der Waals surface area contributed by atoms with Gasteiger partial charge in [-0.15, -0.1) is 0 Å². The van der Waals surface area contributed by atoms with E-state index in [1.807, 2.05) is 6.92 Å². The van der Waals surface area contributed by atoms with Gasteiger partial charge in [-0.3, -0.25) is 5.14 Å². The minimum absolute atomic E-state index is 0.453. The first-order chi connectivity index (χ1) is 4.66. The smallest absolute Gasteiger partial charge is 0.116 e. The zero-order chi connectivity index (χ0) is 7.98. The van der Waals surface area contributed by atoms with Crippen molar-refractivity contribution in [2.45, 2.75) is 6.92 Å². The molecule has 56 valence electrons. The molecule has 0 spiro atoms. The molecule has 0 fully saturated rings. The molecule has 0 saturated carbocycles. The number of halogens is 1. The van der Waals surface area contributed by atoms with E-state index in [0.29, 0.717) is 0 Å². The minimum Gasteiger partial charge on any atom is -0.274 e. The third kappa shape index (κ3) is 5.59. The Hall–Kier alpha value is -0.540. The summed E-state index contributed by atoms with van der Waals surface area (Å²) >= 11 is 1.13. The van der Waals surface area contributed by atoms with Crippen molar-refractivity contribution < 1.29 is 4.39 Å². The maximum absolute atomic E-state index is 11.9. The monoisotopic (exact) mass is 159 g/mol. The fourth-order valence-corrected chi connectivity index (χ4v) is 0.484. The Bertz CT molecular complexity index is 172. The van der Waals surface area contributed by atoms with Crippen LogP contribution < -0.4 is 5.14 Å². The van der Waals surface area contributed by atoms with Crippen molar-refractivity contribution >= 4 is 11.9 Å². The second kappa shape index (κ2) is 5.26. The lowest BCUT2D eigenvalue weighted by Crippen LogP contribution is -1.75. The van der Waals surface area contributed by atoms with Crippen molar-refractivity contribution in [2.75, 3.05) is 0 Å². The maximum Gasteiger partial charge on any atom is 0.116 e. The van der Waals surface area contributed by atoms with Crippen molar-refractivity contribution in [1.82, 2.24) is 0 Å². The van der Waals surface area contributed by atoms with Gasteiger partial charge in [0.05, 0.1) is 0 Å². The average molecular weight is 159 g/mol. The summed E-state index contributed by atoms with van der Waals surface area (Å²) in [6.45, 7) is 4.90. The summed E-state index contributed by atoms with van der Waals surface area (Å²) in [4.78, 5) is 0.928. The molecule has 0 saturated heterocycles. The maximum atomic E-state index is 11.9. The quantitative estimate of drug-likeness (QED) is 0.506. The van der Waals surface area contributed by atoms with Gasteiger partial charge in [0.1, 0.15) is 5.83 Å². The van der Waals surface area contributed by atoms with Crippen LogP contribution in [0.15, 0.2) is 35.5 Å². The second-order valence-electron chi connectivity index (χ2n) is 1.70. The van der Waals surface area contributed by atoms with E-state index in [-0.39, 0.29) is 0 Å². The summed E-state index contributed by atoms with van der Waals surface area (Å²) in [7, 11) is 0. The SMILES string of the molecule is C=C(F)/C=C\C=C(/C)SN. The Labute approximate surface area is 64.6 Å². The Balaban J connectivity index is 3.82. The highest BCUT2D eigenvalue weighted by molar-refractivity contribution is 8.00.